The Morgan fingerprint density at radius 1 is 1.21 bits per heavy atom. The molecule has 14 heavy (non-hydrogen) atoms. The molecule has 2 aliphatic rings. The lowest BCUT2D eigenvalue weighted by molar-refractivity contribution is -0.125. The summed E-state index contributed by atoms with van der Waals surface area (Å²) in [5, 5.41) is 3.04. The van der Waals surface area contributed by atoms with Gasteiger partial charge in [-0.2, -0.15) is 0 Å². The zero-order chi connectivity index (χ0) is 9.97. The number of carbonyl (C=O) groups is 1. The molecular formula is C11H20N2O. The van der Waals surface area contributed by atoms with Crippen molar-refractivity contribution in [2.45, 2.75) is 44.6 Å². The van der Waals surface area contributed by atoms with E-state index in [1.165, 1.54) is 19.3 Å². The highest BCUT2D eigenvalue weighted by atomic mass is 16.1. The molecule has 2 unspecified atom stereocenters. The van der Waals surface area contributed by atoms with E-state index in [1.54, 1.807) is 0 Å². The summed E-state index contributed by atoms with van der Waals surface area (Å²) in [5.74, 6) is 1.04. The summed E-state index contributed by atoms with van der Waals surface area (Å²) in [6.07, 6.45) is 7.03. The Morgan fingerprint density at radius 3 is 2.43 bits per heavy atom. The third kappa shape index (κ3) is 2.08. The molecule has 0 bridgehead atoms. The van der Waals surface area contributed by atoms with Crippen molar-refractivity contribution in [3.63, 3.8) is 0 Å². The van der Waals surface area contributed by atoms with Gasteiger partial charge in [-0.3, -0.25) is 4.79 Å². The van der Waals surface area contributed by atoms with Gasteiger partial charge in [0.25, 0.3) is 0 Å². The van der Waals surface area contributed by atoms with Gasteiger partial charge in [0.15, 0.2) is 0 Å². The SMILES string of the molecule is NC1CCCC1C(=O)NCC1CCC1. The molecule has 0 aliphatic heterocycles. The molecule has 0 radical (unpaired) electrons. The highest BCUT2D eigenvalue weighted by molar-refractivity contribution is 5.79. The smallest absolute Gasteiger partial charge is 0.224 e. The normalized spacial score (nSPS) is 32.6. The molecule has 2 fully saturated rings. The molecule has 3 nitrogen and oxygen atoms in total. The quantitative estimate of drug-likeness (QED) is 0.708. The third-order valence-corrected chi connectivity index (χ3v) is 3.70. The van der Waals surface area contributed by atoms with Crippen molar-refractivity contribution in [3.8, 4) is 0 Å². The van der Waals surface area contributed by atoms with Crippen molar-refractivity contribution in [1.29, 1.82) is 0 Å². The van der Waals surface area contributed by atoms with Crippen molar-refractivity contribution in [2.75, 3.05) is 6.54 Å². The maximum absolute atomic E-state index is 11.7. The van der Waals surface area contributed by atoms with E-state index in [9.17, 15) is 4.79 Å². The van der Waals surface area contributed by atoms with Crippen LogP contribution in [0.4, 0.5) is 0 Å². The van der Waals surface area contributed by atoms with Gasteiger partial charge in [-0.1, -0.05) is 12.8 Å². The van der Waals surface area contributed by atoms with Crippen LogP contribution in [0.3, 0.4) is 0 Å². The molecule has 0 aromatic heterocycles. The Morgan fingerprint density at radius 2 is 1.93 bits per heavy atom. The fourth-order valence-corrected chi connectivity index (χ4v) is 2.39. The molecule has 0 heterocycles. The van der Waals surface area contributed by atoms with E-state index in [4.69, 9.17) is 5.73 Å². The maximum atomic E-state index is 11.7. The van der Waals surface area contributed by atoms with Crippen LogP contribution in [0.25, 0.3) is 0 Å². The van der Waals surface area contributed by atoms with Crippen molar-refractivity contribution in [3.05, 3.63) is 0 Å². The molecule has 2 atom stereocenters. The van der Waals surface area contributed by atoms with Crippen LogP contribution in [-0.4, -0.2) is 18.5 Å². The number of hydrogen-bond acceptors (Lipinski definition) is 2. The van der Waals surface area contributed by atoms with Gasteiger partial charge in [-0.15, -0.1) is 0 Å². The minimum atomic E-state index is 0.0927. The predicted octanol–water partition coefficient (Wildman–Crippen LogP) is 1.03. The molecule has 0 saturated heterocycles. The van der Waals surface area contributed by atoms with E-state index in [-0.39, 0.29) is 17.9 Å². The van der Waals surface area contributed by atoms with Gasteiger partial charge in [0, 0.05) is 12.6 Å². The van der Waals surface area contributed by atoms with Crippen molar-refractivity contribution in [2.24, 2.45) is 17.6 Å². The summed E-state index contributed by atoms with van der Waals surface area (Å²) in [5.41, 5.74) is 5.87. The maximum Gasteiger partial charge on any atom is 0.224 e. The first-order chi connectivity index (χ1) is 6.77. The van der Waals surface area contributed by atoms with Gasteiger partial charge in [-0.25, -0.2) is 0 Å². The van der Waals surface area contributed by atoms with E-state index in [0.29, 0.717) is 0 Å². The average Bonchev–Trinajstić information content (AvgIpc) is 2.48. The number of nitrogens with one attached hydrogen (secondary N) is 1. The third-order valence-electron chi connectivity index (χ3n) is 3.70. The highest BCUT2D eigenvalue weighted by Crippen LogP contribution is 2.26. The molecule has 3 heteroatoms. The number of rotatable bonds is 3. The Hall–Kier alpha value is -0.570. The topological polar surface area (TPSA) is 55.1 Å². The van der Waals surface area contributed by atoms with Crippen LogP contribution in [0.2, 0.25) is 0 Å². The fraction of sp³-hybridized carbons (Fsp3) is 0.909. The van der Waals surface area contributed by atoms with Gasteiger partial charge < -0.3 is 11.1 Å². The standard InChI is InChI=1S/C11H20N2O/c12-10-6-2-5-9(10)11(14)13-7-8-3-1-4-8/h8-10H,1-7,12H2,(H,13,14). The van der Waals surface area contributed by atoms with Crippen LogP contribution in [0.1, 0.15) is 38.5 Å². The number of amides is 1. The van der Waals surface area contributed by atoms with Gasteiger partial charge in [0.1, 0.15) is 0 Å². The van der Waals surface area contributed by atoms with Crippen LogP contribution < -0.4 is 11.1 Å². The Balaban J connectivity index is 1.71. The summed E-state index contributed by atoms with van der Waals surface area (Å²) in [4.78, 5) is 11.7. The van der Waals surface area contributed by atoms with E-state index < -0.39 is 0 Å². The van der Waals surface area contributed by atoms with E-state index in [2.05, 4.69) is 5.32 Å². The van der Waals surface area contributed by atoms with Gasteiger partial charge >= 0.3 is 0 Å². The van der Waals surface area contributed by atoms with Crippen molar-refractivity contribution < 1.29 is 4.79 Å². The second-order valence-corrected chi connectivity index (χ2v) is 4.74. The molecule has 0 aromatic carbocycles. The first-order valence-electron chi connectivity index (χ1n) is 5.80. The number of nitrogens with two attached hydrogens (primary N) is 1. The van der Waals surface area contributed by atoms with E-state index in [0.717, 1.165) is 31.7 Å². The second kappa shape index (κ2) is 4.30. The summed E-state index contributed by atoms with van der Waals surface area (Å²) in [6, 6.07) is 0.108. The Kier molecular flexibility index (Phi) is 3.06. The lowest BCUT2D eigenvalue weighted by Crippen LogP contribution is -2.41. The minimum absolute atomic E-state index is 0.0927. The lowest BCUT2D eigenvalue weighted by atomic mass is 9.85. The molecule has 3 N–H and O–H groups in total. The molecule has 80 valence electrons. The highest BCUT2D eigenvalue weighted by Gasteiger charge is 2.30. The molecule has 0 spiro atoms. The molecular weight excluding hydrogens is 176 g/mol. The molecule has 2 saturated carbocycles. The van der Waals surface area contributed by atoms with Crippen LogP contribution >= 0.6 is 0 Å². The molecule has 2 rings (SSSR count). The van der Waals surface area contributed by atoms with E-state index in [1.807, 2.05) is 0 Å². The number of carbonyl (C=O) groups excluding carboxylic acids is 1. The van der Waals surface area contributed by atoms with E-state index >= 15 is 0 Å². The monoisotopic (exact) mass is 196 g/mol. The summed E-state index contributed by atoms with van der Waals surface area (Å²) in [7, 11) is 0. The molecule has 0 aromatic rings. The van der Waals surface area contributed by atoms with Gasteiger partial charge in [0.2, 0.25) is 5.91 Å². The minimum Gasteiger partial charge on any atom is -0.356 e. The lowest BCUT2D eigenvalue weighted by Gasteiger charge is -2.26. The molecule has 1 amide bonds. The number of hydrogen-bond donors (Lipinski definition) is 2. The second-order valence-electron chi connectivity index (χ2n) is 4.74. The first-order valence-corrected chi connectivity index (χ1v) is 5.80. The summed E-state index contributed by atoms with van der Waals surface area (Å²) in [6.45, 7) is 0.877. The zero-order valence-corrected chi connectivity index (χ0v) is 8.67. The first kappa shape index (κ1) is 9.97. The summed E-state index contributed by atoms with van der Waals surface area (Å²) < 4.78 is 0. The van der Waals surface area contributed by atoms with Crippen molar-refractivity contribution >= 4 is 5.91 Å². The van der Waals surface area contributed by atoms with Crippen molar-refractivity contribution in [1.82, 2.24) is 5.32 Å². The Bertz CT molecular complexity index is 213. The molecule has 2 aliphatic carbocycles. The Labute approximate surface area is 85.4 Å². The zero-order valence-electron chi connectivity index (χ0n) is 8.67. The van der Waals surface area contributed by atoms with Crippen LogP contribution in [0.15, 0.2) is 0 Å². The van der Waals surface area contributed by atoms with Crippen LogP contribution in [0, 0.1) is 11.8 Å². The van der Waals surface area contributed by atoms with Gasteiger partial charge in [-0.05, 0) is 31.6 Å². The largest absolute Gasteiger partial charge is 0.356 e. The summed E-state index contributed by atoms with van der Waals surface area (Å²) >= 11 is 0. The van der Waals surface area contributed by atoms with Gasteiger partial charge in [0.05, 0.1) is 5.92 Å². The van der Waals surface area contributed by atoms with Crippen LogP contribution in [0.5, 0.6) is 0 Å². The fourth-order valence-electron chi connectivity index (χ4n) is 2.39. The average molecular weight is 196 g/mol. The van der Waals surface area contributed by atoms with Crippen LogP contribution in [-0.2, 0) is 4.79 Å². The predicted molar refractivity (Wildman–Crippen MR) is 55.7 cm³/mol.